The Balaban J connectivity index is 1.78. The van der Waals surface area contributed by atoms with E-state index in [0.29, 0.717) is 17.8 Å². The van der Waals surface area contributed by atoms with Gasteiger partial charge in [0.2, 0.25) is 11.8 Å². The number of carbonyl (C=O) groups excluding carboxylic acids is 2. The van der Waals surface area contributed by atoms with Crippen molar-refractivity contribution in [3.05, 3.63) is 59.4 Å². The van der Waals surface area contributed by atoms with E-state index in [1.165, 1.54) is 12.1 Å². The van der Waals surface area contributed by atoms with Crippen LogP contribution in [0.5, 0.6) is 0 Å². The van der Waals surface area contributed by atoms with E-state index in [1.807, 2.05) is 30.5 Å². The second kappa shape index (κ2) is 7.27. The lowest BCUT2D eigenvalue weighted by Crippen LogP contribution is -2.36. The molecule has 4 nitrogen and oxygen atoms in total. The van der Waals surface area contributed by atoms with Gasteiger partial charge in [-0.1, -0.05) is 18.2 Å². The van der Waals surface area contributed by atoms with Gasteiger partial charge in [-0.25, -0.2) is 4.39 Å². The predicted octanol–water partition coefficient (Wildman–Crippen LogP) is 3.63. The quantitative estimate of drug-likeness (QED) is 0.849. The number of carbonyl (C=O) groups is 2. The second-order valence-electron chi connectivity index (χ2n) is 6.08. The van der Waals surface area contributed by atoms with Crippen LogP contribution in [0.2, 0.25) is 0 Å². The summed E-state index contributed by atoms with van der Waals surface area (Å²) < 4.78 is 13.4. The first kappa shape index (κ1) is 17.5. The van der Waals surface area contributed by atoms with E-state index in [1.54, 1.807) is 29.8 Å². The minimum Gasteiger partial charge on any atom is -0.341 e. The first-order valence-corrected chi connectivity index (χ1v) is 9.17. The molecule has 1 heterocycles. The monoisotopic (exact) mass is 358 g/mol. The molecule has 0 unspecified atom stereocenters. The number of amides is 2. The van der Waals surface area contributed by atoms with E-state index in [2.05, 4.69) is 5.32 Å². The molecule has 0 saturated carbocycles. The van der Waals surface area contributed by atoms with Gasteiger partial charge >= 0.3 is 0 Å². The van der Waals surface area contributed by atoms with E-state index < -0.39 is 11.7 Å². The van der Waals surface area contributed by atoms with Crippen LogP contribution in [0.3, 0.4) is 0 Å². The number of halogens is 1. The highest BCUT2D eigenvalue weighted by Gasteiger charge is 2.32. The van der Waals surface area contributed by atoms with E-state index in [-0.39, 0.29) is 18.2 Å². The van der Waals surface area contributed by atoms with Gasteiger partial charge in [0, 0.05) is 30.6 Å². The molecule has 0 aromatic heterocycles. The van der Waals surface area contributed by atoms with Gasteiger partial charge in [-0.2, -0.15) is 0 Å². The van der Waals surface area contributed by atoms with Gasteiger partial charge in [0.05, 0.1) is 5.92 Å². The molecule has 2 aromatic rings. The number of likely N-dealkylation sites (N-methyl/N-ethyl adjacent to an activating group) is 1. The van der Waals surface area contributed by atoms with Crippen LogP contribution in [0.1, 0.15) is 23.5 Å². The fourth-order valence-electron chi connectivity index (χ4n) is 3.01. The topological polar surface area (TPSA) is 49.4 Å². The van der Waals surface area contributed by atoms with Crippen molar-refractivity contribution in [2.24, 2.45) is 0 Å². The number of nitrogens with zero attached hydrogens (tertiary/aromatic N) is 1. The van der Waals surface area contributed by atoms with E-state index in [4.69, 9.17) is 0 Å². The van der Waals surface area contributed by atoms with Crippen LogP contribution in [0, 0.1) is 5.82 Å². The Morgan fingerprint density at radius 2 is 2.00 bits per heavy atom. The Morgan fingerprint density at radius 1 is 1.28 bits per heavy atom. The molecule has 25 heavy (non-hydrogen) atoms. The molecule has 0 aliphatic carbocycles. The van der Waals surface area contributed by atoms with Crippen LogP contribution in [0.15, 0.2) is 47.4 Å². The first-order chi connectivity index (χ1) is 12.0. The lowest BCUT2D eigenvalue weighted by atomic mass is 9.89. The molecule has 0 radical (unpaired) electrons. The summed E-state index contributed by atoms with van der Waals surface area (Å²) in [4.78, 5) is 27.5. The van der Waals surface area contributed by atoms with E-state index in [9.17, 15) is 14.0 Å². The zero-order valence-electron chi connectivity index (χ0n) is 14.1. The van der Waals surface area contributed by atoms with Crippen molar-refractivity contribution < 1.29 is 14.0 Å². The summed E-state index contributed by atoms with van der Waals surface area (Å²) in [6, 6.07) is 12.2. The maximum atomic E-state index is 13.4. The molecule has 0 saturated heterocycles. The number of nitrogens with one attached hydrogen (secondary N) is 1. The van der Waals surface area contributed by atoms with Crippen molar-refractivity contribution in [3.8, 4) is 0 Å². The van der Waals surface area contributed by atoms with Crippen molar-refractivity contribution >= 4 is 29.3 Å². The minimum absolute atomic E-state index is 0.0766. The minimum atomic E-state index is -0.583. The van der Waals surface area contributed by atoms with Gasteiger partial charge in [-0.15, -0.1) is 11.8 Å². The number of rotatable bonds is 4. The number of fused-ring (bicyclic) bond motifs is 1. The third kappa shape index (κ3) is 3.85. The maximum Gasteiger partial charge on any atom is 0.230 e. The fourth-order valence-corrected chi connectivity index (χ4v) is 3.41. The van der Waals surface area contributed by atoms with Crippen LogP contribution in [-0.2, 0) is 16.1 Å². The first-order valence-electron chi connectivity index (χ1n) is 7.95. The zero-order chi connectivity index (χ0) is 18.0. The highest BCUT2D eigenvalue weighted by molar-refractivity contribution is 7.98. The smallest absolute Gasteiger partial charge is 0.230 e. The molecule has 2 aromatic carbocycles. The molecule has 130 valence electrons. The summed E-state index contributed by atoms with van der Waals surface area (Å²) in [5, 5.41) is 2.63. The van der Waals surface area contributed by atoms with Crippen LogP contribution < -0.4 is 5.32 Å². The van der Waals surface area contributed by atoms with Crippen LogP contribution in [0.4, 0.5) is 10.1 Å². The summed E-state index contributed by atoms with van der Waals surface area (Å²) in [5.41, 5.74) is 2.07. The van der Waals surface area contributed by atoms with E-state index in [0.717, 1.165) is 10.5 Å². The van der Waals surface area contributed by atoms with Crippen molar-refractivity contribution in [1.29, 1.82) is 0 Å². The van der Waals surface area contributed by atoms with Crippen molar-refractivity contribution in [2.75, 3.05) is 18.6 Å². The summed E-state index contributed by atoms with van der Waals surface area (Å²) in [6.07, 6.45) is 2.09. The molecule has 1 N–H and O–H groups in total. The van der Waals surface area contributed by atoms with Crippen LogP contribution in [-0.4, -0.2) is 30.0 Å². The largest absolute Gasteiger partial charge is 0.341 e. The van der Waals surface area contributed by atoms with Gasteiger partial charge in [-0.3, -0.25) is 9.59 Å². The molecule has 0 spiro atoms. The average molecular weight is 358 g/mol. The third-order valence-electron chi connectivity index (χ3n) is 4.31. The van der Waals surface area contributed by atoms with E-state index >= 15 is 0 Å². The molecule has 0 bridgehead atoms. The number of hydrogen-bond acceptors (Lipinski definition) is 3. The number of anilines is 1. The summed E-state index contributed by atoms with van der Waals surface area (Å²) in [7, 11) is 1.72. The Bertz CT molecular complexity index is 808. The molecule has 1 atom stereocenters. The molecule has 6 heteroatoms. The van der Waals surface area contributed by atoms with Gasteiger partial charge in [-0.05, 0) is 41.6 Å². The number of thioether (sulfide) groups is 1. The standard InChI is InChI=1S/C19H19FN2O2S/c1-22(11-12-3-6-14(25-2)7-4-12)19(24)16-10-18(23)21-17-9-13(20)5-8-15(16)17/h3-9,16H,10-11H2,1-2H3,(H,21,23)/t16-/m1/s1. The SMILES string of the molecule is CSc1ccc(CN(C)C(=O)[C@@H]2CC(=O)Nc3cc(F)ccc32)cc1. The molecule has 2 amide bonds. The third-order valence-corrected chi connectivity index (χ3v) is 5.05. The summed E-state index contributed by atoms with van der Waals surface area (Å²) in [6.45, 7) is 0.460. The predicted molar refractivity (Wildman–Crippen MR) is 97.1 cm³/mol. The van der Waals surface area contributed by atoms with Crippen LogP contribution in [0.25, 0.3) is 0 Å². The normalized spacial score (nSPS) is 16.1. The average Bonchev–Trinajstić information content (AvgIpc) is 2.60. The molecule has 1 aliphatic rings. The van der Waals surface area contributed by atoms with Gasteiger partial charge in [0.25, 0.3) is 0 Å². The lowest BCUT2D eigenvalue weighted by molar-refractivity contribution is -0.134. The lowest BCUT2D eigenvalue weighted by Gasteiger charge is -2.28. The number of hydrogen-bond donors (Lipinski definition) is 1. The van der Waals surface area contributed by atoms with Crippen molar-refractivity contribution in [2.45, 2.75) is 23.8 Å². The van der Waals surface area contributed by atoms with Gasteiger partial charge < -0.3 is 10.2 Å². The van der Waals surface area contributed by atoms with Crippen molar-refractivity contribution in [3.63, 3.8) is 0 Å². The van der Waals surface area contributed by atoms with Crippen LogP contribution >= 0.6 is 11.8 Å². The second-order valence-corrected chi connectivity index (χ2v) is 6.96. The Kier molecular flexibility index (Phi) is 5.08. The molecule has 0 fully saturated rings. The fraction of sp³-hybridized carbons (Fsp3) is 0.263. The zero-order valence-corrected chi connectivity index (χ0v) is 14.9. The molecular formula is C19H19FN2O2S. The van der Waals surface area contributed by atoms with Crippen molar-refractivity contribution in [1.82, 2.24) is 4.90 Å². The highest BCUT2D eigenvalue weighted by atomic mass is 32.2. The summed E-state index contributed by atoms with van der Waals surface area (Å²) in [5.74, 6) is -1.43. The van der Waals surface area contributed by atoms with Gasteiger partial charge in [0.15, 0.2) is 0 Å². The Labute approximate surface area is 150 Å². The Hall–Kier alpha value is -2.34. The highest BCUT2D eigenvalue weighted by Crippen LogP contribution is 2.34. The molecular weight excluding hydrogens is 339 g/mol. The Morgan fingerprint density at radius 3 is 2.68 bits per heavy atom. The molecule has 3 rings (SSSR count). The summed E-state index contributed by atoms with van der Waals surface area (Å²) >= 11 is 1.66. The number of benzene rings is 2. The maximum absolute atomic E-state index is 13.4. The van der Waals surface area contributed by atoms with Gasteiger partial charge in [0.1, 0.15) is 5.82 Å². The molecule has 1 aliphatic heterocycles.